The second kappa shape index (κ2) is 5.38. The van der Waals surface area contributed by atoms with E-state index in [0.29, 0.717) is 0 Å². The van der Waals surface area contributed by atoms with Crippen LogP contribution in [-0.4, -0.2) is 46.0 Å². The highest BCUT2D eigenvalue weighted by Gasteiger charge is 2.31. The maximum absolute atomic E-state index is 6.18. The van der Waals surface area contributed by atoms with Crippen LogP contribution in [-0.2, 0) is 11.8 Å². The van der Waals surface area contributed by atoms with Crippen molar-refractivity contribution in [2.24, 2.45) is 12.8 Å². The van der Waals surface area contributed by atoms with E-state index < -0.39 is 0 Å². The molecule has 5 nitrogen and oxygen atoms in total. The van der Waals surface area contributed by atoms with Crippen molar-refractivity contribution >= 4 is 0 Å². The highest BCUT2D eigenvalue weighted by Crippen LogP contribution is 2.26. The normalized spacial score (nSPS) is 29.2. The second-order valence-corrected chi connectivity index (χ2v) is 5.46. The highest BCUT2D eigenvalue weighted by molar-refractivity contribution is 5.13. The van der Waals surface area contributed by atoms with Gasteiger partial charge in [0.25, 0.3) is 0 Å². The molecule has 0 saturated carbocycles. The summed E-state index contributed by atoms with van der Waals surface area (Å²) in [7, 11) is 1.94. The van der Waals surface area contributed by atoms with E-state index in [1.165, 1.54) is 5.56 Å². The molecular formula is C13H24N4O. The Hall–Kier alpha value is -0.910. The summed E-state index contributed by atoms with van der Waals surface area (Å²) in [5, 5.41) is 4.26. The summed E-state index contributed by atoms with van der Waals surface area (Å²) in [6, 6.07) is 0.291. The minimum absolute atomic E-state index is 0.0756. The van der Waals surface area contributed by atoms with E-state index in [4.69, 9.17) is 10.5 Å². The summed E-state index contributed by atoms with van der Waals surface area (Å²) < 4.78 is 7.62. The molecule has 0 spiro atoms. The van der Waals surface area contributed by atoms with Gasteiger partial charge in [-0.3, -0.25) is 9.58 Å². The number of nitrogens with zero attached hydrogens (tertiary/aromatic N) is 3. The predicted molar refractivity (Wildman–Crippen MR) is 71.2 cm³/mol. The third-order valence-electron chi connectivity index (χ3n) is 3.41. The molecule has 2 heterocycles. The molecule has 1 aromatic heterocycles. The molecule has 0 aromatic carbocycles. The van der Waals surface area contributed by atoms with Gasteiger partial charge in [0.2, 0.25) is 0 Å². The Balaban J connectivity index is 2.19. The molecule has 0 amide bonds. The Morgan fingerprint density at radius 3 is 2.44 bits per heavy atom. The number of ether oxygens (including phenoxy) is 1. The van der Waals surface area contributed by atoms with E-state index in [9.17, 15) is 0 Å². The van der Waals surface area contributed by atoms with E-state index in [-0.39, 0.29) is 24.3 Å². The summed E-state index contributed by atoms with van der Waals surface area (Å²) in [5.41, 5.74) is 7.37. The van der Waals surface area contributed by atoms with E-state index in [0.717, 1.165) is 13.1 Å². The van der Waals surface area contributed by atoms with Crippen LogP contribution in [0.25, 0.3) is 0 Å². The van der Waals surface area contributed by atoms with Crippen LogP contribution in [0.5, 0.6) is 0 Å². The minimum Gasteiger partial charge on any atom is -0.373 e. The first-order valence-corrected chi connectivity index (χ1v) is 6.61. The van der Waals surface area contributed by atoms with E-state index in [2.05, 4.69) is 37.0 Å². The minimum atomic E-state index is 0.0756. The van der Waals surface area contributed by atoms with E-state index >= 15 is 0 Å². The molecule has 1 saturated heterocycles. The first-order valence-electron chi connectivity index (χ1n) is 6.61. The van der Waals surface area contributed by atoms with Gasteiger partial charge in [0.15, 0.2) is 0 Å². The van der Waals surface area contributed by atoms with Gasteiger partial charge in [0.05, 0.1) is 24.4 Å². The standard InChI is InChI=1S/C13H24N4O/c1-9-6-17(7-10(2)18-9)13(11(3)14)12-5-15-16(4)8-12/h5,8-11,13H,6-7,14H2,1-4H3/t9-,10+,11?,13?. The lowest BCUT2D eigenvalue weighted by Crippen LogP contribution is -2.50. The summed E-state index contributed by atoms with van der Waals surface area (Å²) in [4.78, 5) is 2.42. The average molecular weight is 252 g/mol. The lowest BCUT2D eigenvalue weighted by atomic mass is 10.0. The molecule has 1 aromatic rings. The van der Waals surface area contributed by atoms with Crippen molar-refractivity contribution in [2.75, 3.05) is 13.1 Å². The van der Waals surface area contributed by atoms with Gasteiger partial charge < -0.3 is 10.5 Å². The van der Waals surface area contributed by atoms with Gasteiger partial charge in [-0.1, -0.05) is 0 Å². The van der Waals surface area contributed by atoms with Crippen molar-refractivity contribution in [1.29, 1.82) is 0 Å². The van der Waals surface area contributed by atoms with Crippen molar-refractivity contribution in [1.82, 2.24) is 14.7 Å². The average Bonchev–Trinajstić information content (AvgIpc) is 2.62. The molecule has 1 fully saturated rings. The smallest absolute Gasteiger partial charge is 0.0678 e. The Morgan fingerprint density at radius 1 is 1.39 bits per heavy atom. The van der Waals surface area contributed by atoms with Crippen LogP contribution in [0.1, 0.15) is 32.4 Å². The van der Waals surface area contributed by atoms with Crippen LogP contribution in [0.4, 0.5) is 0 Å². The van der Waals surface area contributed by atoms with Crippen LogP contribution < -0.4 is 5.73 Å². The van der Waals surface area contributed by atoms with Crippen molar-refractivity contribution in [2.45, 2.75) is 45.1 Å². The Morgan fingerprint density at radius 2 is 2.00 bits per heavy atom. The zero-order valence-electron chi connectivity index (χ0n) is 11.7. The maximum atomic E-state index is 6.18. The molecule has 102 valence electrons. The summed E-state index contributed by atoms with van der Waals surface area (Å²) in [6.45, 7) is 8.13. The largest absolute Gasteiger partial charge is 0.373 e. The molecule has 18 heavy (non-hydrogen) atoms. The zero-order chi connectivity index (χ0) is 13.3. The fourth-order valence-corrected chi connectivity index (χ4v) is 2.88. The van der Waals surface area contributed by atoms with E-state index in [1.54, 1.807) is 0 Å². The van der Waals surface area contributed by atoms with E-state index in [1.807, 2.05) is 17.9 Å². The Labute approximate surface area is 109 Å². The summed E-state index contributed by atoms with van der Waals surface area (Å²) in [5.74, 6) is 0. The predicted octanol–water partition coefficient (Wildman–Crippen LogP) is 0.918. The van der Waals surface area contributed by atoms with Crippen LogP contribution in [0.15, 0.2) is 12.4 Å². The number of aromatic nitrogens is 2. The fourth-order valence-electron chi connectivity index (χ4n) is 2.88. The van der Waals surface area contributed by atoms with Crippen LogP contribution in [0.3, 0.4) is 0 Å². The number of hydrogen-bond donors (Lipinski definition) is 1. The number of aryl methyl sites for hydroxylation is 1. The SMILES string of the molecule is CC(N)C(c1cnn(C)c1)N1C[C@@H](C)O[C@@H](C)C1. The first kappa shape index (κ1) is 13.5. The molecule has 0 radical (unpaired) electrons. The molecule has 0 bridgehead atoms. The lowest BCUT2D eigenvalue weighted by molar-refractivity contribution is -0.0831. The molecule has 1 aliphatic heterocycles. The number of nitrogens with two attached hydrogens (primary N) is 1. The van der Waals surface area contributed by atoms with Gasteiger partial charge in [0, 0.05) is 37.9 Å². The lowest BCUT2D eigenvalue weighted by Gasteiger charge is -2.41. The molecule has 2 unspecified atom stereocenters. The topological polar surface area (TPSA) is 56.3 Å². The third kappa shape index (κ3) is 2.91. The highest BCUT2D eigenvalue weighted by atomic mass is 16.5. The maximum Gasteiger partial charge on any atom is 0.0678 e. The fraction of sp³-hybridized carbons (Fsp3) is 0.769. The van der Waals surface area contributed by atoms with Crippen molar-refractivity contribution in [3.63, 3.8) is 0 Å². The van der Waals surface area contributed by atoms with Crippen LogP contribution >= 0.6 is 0 Å². The molecule has 2 N–H and O–H groups in total. The van der Waals surface area contributed by atoms with Crippen LogP contribution in [0.2, 0.25) is 0 Å². The van der Waals surface area contributed by atoms with Gasteiger partial charge in [-0.25, -0.2) is 0 Å². The van der Waals surface area contributed by atoms with Gasteiger partial charge >= 0.3 is 0 Å². The van der Waals surface area contributed by atoms with Gasteiger partial charge in [-0.15, -0.1) is 0 Å². The second-order valence-electron chi connectivity index (χ2n) is 5.46. The molecular weight excluding hydrogens is 228 g/mol. The molecule has 4 atom stereocenters. The number of rotatable bonds is 3. The van der Waals surface area contributed by atoms with Crippen LogP contribution in [0, 0.1) is 0 Å². The summed E-state index contributed by atoms with van der Waals surface area (Å²) >= 11 is 0. The number of morpholine rings is 1. The van der Waals surface area contributed by atoms with Crippen molar-refractivity contribution in [3.05, 3.63) is 18.0 Å². The quantitative estimate of drug-likeness (QED) is 0.869. The van der Waals surface area contributed by atoms with Gasteiger partial charge in [-0.05, 0) is 20.8 Å². The Kier molecular flexibility index (Phi) is 4.04. The zero-order valence-corrected chi connectivity index (χ0v) is 11.7. The first-order chi connectivity index (χ1) is 8.47. The van der Waals surface area contributed by atoms with Crippen molar-refractivity contribution < 1.29 is 4.74 Å². The molecule has 5 heteroatoms. The third-order valence-corrected chi connectivity index (χ3v) is 3.41. The monoisotopic (exact) mass is 252 g/mol. The summed E-state index contributed by atoms with van der Waals surface area (Å²) in [6.07, 6.45) is 4.48. The molecule has 0 aliphatic carbocycles. The molecule has 1 aliphatic rings. The molecule has 2 rings (SSSR count). The van der Waals surface area contributed by atoms with Crippen molar-refractivity contribution in [3.8, 4) is 0 Å². The van der Waals surface area contributed by atoms with Gasteiger partial charge in [0.1, 0.15) is 0 Å². The van der Waals surface area contributed by atoms with Gasteiger partial charge in [-0.2, -0.15) is 5.10 Å². The number of hydrogen-bond acceptors (Lipinski definition) is 4. The Bertz CT molecular complexity index is 380.